The number of nitrogens with zero attached hydrogens (tertiary/aromatic N) is 1. The van der Waals surface area contributed by atoms with Crippen molar-refractivity contribution in [3.05, 3.63) is 0 Å². The lowest BCUT2D eigenvalue weighted by molar-refractivity contribution is -0.142. The highest BCUT2D eigenvalue weighted by molar-refractivity contribution is 6.34. The van der Waals surface area contributed by atoms with Crippen molar-refractivity contribution in [3.63, 3.8) is 0 Å². The molecule has 0 aromatic rings. The lowest BCUT2D eigenvalue weighted by atomic mass is 9.92. The largest absolute Gasteiger partial charge is 0.339 e. The van der Waals surface area contributed by atoms with Gasteiger partial charge in [0.2, 0.25) is 5.78 Å². The Hall–Kier alpha value is -0.860. The molecule has 3 heteroatoms. The zero-order valence-electron chi connectivity index (χ0n) is 9.18. The molecule has 0 N–H and O–H groups in total. The van der Waals surface area contributed by atoms with Crippen LogP contribution >= 0.6 is 0 Å². The van der Waals surface area contributed by atoms with Crippen molar-refractivity contribution < 1.29 is 9.59 Å². The molecule has 0 spiro atoms. The molecular weight excluding hydrogens is 166 g/mol. The van der Waals surface area contributed by atoms with Crippen LogP contribution in [0.15, 0.2) is 0 Å². The fourth-order valence-corrected chi connectivity index (χ4v) is 0.873. The van der Waals surface area contributed by atoms with Crippen molar-refractivity contribution in [2.24, 2.45) is 5.41 Å². The first-order valence-corrected chi connectivity index (χ1v) is 4.50. The van der Waals surface area contributed by atoms with Crippen LogP contribution in [-0.4, -0.2) is 30.2 Å². The Morgan fingerprint density at radius 2 is 1.69 bits per heavy atom. The van der Waals surface area contributed by atoms with Crippen LogP contribution in [0.25, 0.3) is 0 Å². The van der Waals surface area contributed by atoms with Gasteiger partial charge in [0.1, 0.15) is 0 Å². The second kappa shape index (κ2) is 4.40. The van der Waals surface area contributed by atoms with E-state index >= 15 is 0 Å². The number of ketones is 1. The van der Waals surface area contributed by atoms with Gasteiger partial charge in [-0.1, -0.05) is 20.8 Å². The average Bonchev–Trinajstić information content (AvgIpc) is 1.97. The molecule has 0 aliphatic heterocycles. The average molecular weight is 185 g/mol. The van der Waals surface area contributed by atoms with Gasteiger partial charge in [0.25, 0.3) is 5.91 Å². The Morgan fingerprint density at radius 1 is 1.23 bits per heavy atom. The lowest BCUT2D eigenvalue weighted by Gasteiger charge is -2.22. The van der Waals surface area contributed by atoms with Gasteiger partial charge in [-0.05, 0) is 11.8 Å². The highest BCUT2D eigenvalue weighted by Gasteiger charge is 2.16. The van der Waals surface area contributed by atoms with E-state index in [9.17, 15) is 9.59 Å². The Balaban J connectivity index is 3.95. The van der Waals surface area contributed by atoms with Gasteiger partial charge in [-0.25, -0.2) is 0 Å². The highest BCUT2D eigenvalue weighted by Crippen LogP contribution is 2.18. The fourth-order valence-electron chi connectivity index (χ4n) is 0.873. The molecule has 0 aromatic heterocycles. The Bertz CT molecular complexity index is 203. The third kappa shape index (κ3) is 5.39. The smallest absolute Gasteiger partial charge is 0.289 e. The van der Waals surface area contributed by atoms with E-state index in [1.165, 1.54) is 11.8 Å². The van der Waals surface area contributed by atoms with Gasteiger partial charge in [0, 0.05) is 20.5 Å². The summed E-state index contributed by atoms with van der Waals surface area (Å²) in [6.45, 7) is 8.27. The number of carbonyl (C=O) groups excluding carboxylic acids is 2. The van der Waals surface area contributed by atoms with Crippen LogP contribution in [0.1, 0.15) is 34.1 Å². The van der Waals surface area contributed by atoms with Crippen molar-refractivity contribution in [2.75, 3.05) is 13.6 Å². The monoisotopic (exact) mass is 185 g/mol. The second-order valence-corrected chi connectivity index (χ2v) is 4.59. The molecule has 0 aliphatic rings. The number of carbonyl (C=O) groups is 2. The summed E-state index contributed by atoms with van der Waals surface area (Å²) in [5.74, 6) is -0.791. The highest BCUT2D eigenvalue weighted by atomic mass is 16.2. The number of Topliss-reactive ketones (excluding diaryl/α,β-unsaturated/α-hetero) is 1. The van der Waals surface area contributed by atoms with E-state index in [0.29, 0.717) is 6.54 Å². The summed E-state index contributed by atoms with van der Waals surface area (Å²) in [6.07, 6.45) is 0.905. The maximum atomic E-state index is 11.1. The molecule has 0 aromatic carbocycles. The molecule has 0 saturated carbocycles. The van der Waals surface area contributed by atoms with Crippen molar-refractivity contribution in [3.8, 4) is 0 Å². The zero-order chi connectivity index (χ0) is 10.6. The van der Waals surface area contributed by atoms with Gasteiger partial charge in [-0.2, -0.15) is 0 Å². The Kier molecular flexibility index (Phi) is 4.11. The Morgan fingerprint density at radius 3 is 2.00 bits per heavy atom. The molecule has 0 fully saturated rings. The maximum Gasteiger partial charge on any atom is 0.289 e. The molecule has 76 valence electrons. The summed E-state index contributed by atoms with van der Waals surface area (Å²) >= 11 is 0. The van der Waals surface area contributed by atoms with Crippen LogP contribution in [0.5, 0.6) is 0 Å². The normalized spacial score (nSPS) is 11.2. The van der Waals surface area contributed by atoms with Crippen molar-refractivity contribution >= 4 is 11.7 Å². The summed E-state index contributed by atoms with van der Waals surface area (Å²) in [7, 11) is 1.66. The van der Waals surface area contributed by atoms with Crippen LogP contribution in [-0.2, 0) is 9.59 Å². The minimum atomic E-state index is -0.399. The molecule has 0 saturated heterocycles. The Labute approximate surface area is 80.1 Å². The molecule has 1 amide bonds. The van der Waals surface area contributed by atoms with Gasteiger partial charge in [-0.3, -0.25) is 9.59 Å². The number of amides is 1. The minimum Gasteiger partial charge on any atom is -0.339 e. The van der Waals surface area contributed by atoms with E-state index in [1.807, 2.05) is 0 Å². The minimum absolute atomic E-state index is 0.200. The molecule has 0 rings (SSSR count). The van der Waals surface area contributed by atoms with Crippen LogP contribution in [0.4, 0.5) is 0 Å². The third-order valence-corrected chi connectivity index (χ3v) is 1.85. The van der Waals surface area contributed by atoms with Gasteiger partial charge in [0.05, 0.1) is 0 Å². The summed E-state index contributed by atoms with van der Waals surface area (Å²) in [5.41, 5.74) is 0.200. The first-order valence-electron chi connectivity index (χ1n) is 4.50. The maximum absolute atomic E-state index is 11.1. The van der Waals surface area contributed by atoms with Gasteiger partial charge < -0.3 is 4.90 Å². The van der Waals surface area contributed by atoms with E-state index in [-0.39, 0.29) is 5.41 Å². The SMILES string of the molecule is CC(=O)C(=O)N(C)CCC(C)(C)C. The molecule has 0 heterocycles. The number of likely N-dealkylation sites (N-methyl/N-ethyl adjacent to an activating group) is 1. The lowest BCUT2D eigenvalue weighted by Crippen LogP contribution is -2.34. The molecule has 0 aliphatic carbocycles. The van der Waals surface area contributed by atoms with Crippen molar-refractivity contribution in [1.29, 1.82) is 0 Å². The second-order valence-electron chi connectivity index (χ2n) is 4.59. The van der Waals surface area contributed by atoms with E-state index in [4.69, 9.17) is 0 Å². The molecule has 0 bridgehead atoms. The van der Waals surface area contributed by atoms with Crippen molar-refractivity contribution in [2.45, 2.75) is 34.1 Å². The van der Waals surface area contributed by atoms with E-state index < -0.39 is 11.7 Å². The molecule has 0 radical (unpaired) electrons. The number of hydrogen-bond acceptors (Lipinski definition) is 2. The van der Waals surface area contributed by atoms with E-state index in [2.05, 4.69) is 20.8 Å². The van der Waals surface area contributed by atoms with Gasteiger partial charge in [-0.15, -0.1) is 0 Å². The van der Waals surface area contributed by atoms with Crippen LogP contribution < -0.4 is 0 Å². The molecular formula is C10H19NO2. The predicted molar refractivity (Wildman–Crippen MR) is 52.4 cm³/mol. The summed E-state index contributed by atoms with van der Waals surface area (Å²) < 4.78 is 0. The summed E-state index contributed by atoms with van der Waals surface area (Å²) in [5, 5.41) is 0. The first kappa shape index (κ1) is 12.1. The van der Waals surface area contributed by atoms with Crippen LogP contribution in [0, 0.1) is 5.41 Å². The molecule has 0 unspecified atom stereocenters. The van der Waals surface area contributed by atoms with Gasteiger partial charge in [0.15, 0.2) is 0 Å². The summed E-state index contributed by atoms with van der Waals surface area (Å²) in [6, 6.07) is 0. The van der Waals surface area contributed by atoms with Crippen LogP contribution in [0.3, 0.4) is 0 Å². The molecule has 13 heavy (non-hydrogen) atoms. The fraction of sp³-hybridized carbons (Fsp3) is 0.800. The first-order chi connectivity index (χ1) is 5.74. The quantitative estimate of drug-likeness (QED) is 0.624. The predicted octanol–water partition coefficient (Wildman–Crippen LogP) is 1.47. The standard InChI is InChI=1S/C10H19NO2/c1-8(12)9(13)11(5)7-6-10(2,3)4/h6-7H2,1-5H3. The number of rotatable bonds is 3. The number of hydrogen-bond donors (Lipinski definition) is 0. The third-order valence-electron chi connectivity index (χ3n) is 1.85. The van der Waals surface area contributed by atoms with Crippen molar-refractivity contribution in [1.82, 2.24) is 4.90 Å². The van der Waals surface area contributed by atoms with E-state index in [0.717, 1.165) is 6.42 Å². The topological polar surface area (TPSA) is 37.4 Å². The summed E-state index contributed by atoms with van der Waals surface area (Å²) in [4.78, 5) is 23.3. The molecule has 0 atom stereocenters. The van der Waals surface area contributed by atoms with Crippen LogP contribution in [0.2, 0.25) is 0 Å². The molecule has 3 nitrogen and oxygen atoms in total. The van der Waals surface area contributed by atoms with Gasteiger partial charge >= 0.3 is 0 Å². The zero-order valence-corrected chi connectivity index (χ0v) is 9.18. The van der Waals surface area contributed by atoms with E-state index in [1.54, 1.807) is 7.05 Å².